The summed E-state index contributed by atoms with van der Waals surface area (Å²) in [5.74, 6) is 0.0136. The van der Waals surface area contributed by atoms with E-state index in [1.165, 1.54) is 7.11 Å². The Morgan fingerprint density at radius 3 is 2.53 bits per heavy atom. The molecule has 7 heteroatoms. The molecule has 1 rings (SSSR count). The summed E-state index contributed by atoms with van der Waals surface area (Å²) < 4.78 is 30.7. The first-order valence-electron chi connectivity index (χ1n) is 5.77. The van der Waals surface area contributed by atoms with Crippen molar-refractivity contribution in [3.05, 3.63) is 29.8 Å². The molecule has 6 nitrogen and oxygen atoms in total. The van der Waals surface area contributed by atoms with Gasteiger partial charge in [-0.1, -0.05) is 17.3 Å². The zero-order valence-electron chi connectivity index (χ0n) is 11.0. The fourth-order valence-electron chi connectivity index (χ4n) is 1.46. The molecule has 0 aliphatic carbocycles. The van der Waals surface area contributed by atoms with Crippen molar-refractivity contribution in [1.82, 2.24) is 0 Å². The molecule has 0 saturated heterocycles. The minimum absolute atomic E-state index is 0.0136. The molecule has 1 aromatic rings. The molecule has 0 amide bonds. The predicted octanol–water partition coefficient (Wildman–Crippen LogP) is 1.66. The number of anilines is 1. The maximum absolute atomic E-state index is 11.7. The maximum Gasteiger partial charge on any atom is 0.232 e. The van der Waals surface area contributed by atoms with Crippen molar-refractivity contribution in [3.8, 4) is 0 Å². The largest absolute Gasteiger partial charge is 0.411 e. The van der Waals surface area contributed by atoms with E-state index in [1.54, 1.807) is 31.2 Å². The third-order valence-corrected chi connectivity index (χ3v) is 3.86. The summed E-state index contributed by atoms with van der Waals surface area (Å²) >= 11 is 0. The molecule has 0 aliphatic heterocycles. The van der Waals surface area contributed by atoms with Crippen molar-refractivity contribution in [2.24, 2.45) is 5.16 Å². The van der Waals surface area contributed by atoms with Crippen LogP contribution in [0, 0.1) is 0 Å². The number of ether oxygens (including phenoxy) is 1. The monoisotopic (exact) mass is 286 g/mol. The number of nitrogens with zero attached hydrogens (tertiary/aromatic N) is 1. The van der Waals surface area contributed by atoms with Gasteiger partial charge in [-0.3, -0.25) is 4.72 Å². The molecule has 0 unspecified atom stereocenters. The Bertz CT molecular complexity index is 523. The molecule has 19 heavy (non-hydrogen) atoms. The first-order valence-corrected chi connectivity index (χ1v) is 7.42. The van der Waals surface area contributed by atoms with Gasteiger partial charge in [-0.2, -0.15) is 0 Å². The van der Waals surface area contributed by atoms with E-state index in [2.05, 4.69) is 9.88 Å². The fourth-order valence-corrected chi connectivity index (χ4v) is 2.56. The van der Waals surface area contributed by atoms with E-state index in [1.807, 2.05) is 0 Å². The number of hydrogen-bond donors (Lipinski definition) is 2. The maximum atomic E-state index is 11.7. The number of methoxy groups -OCH3 is 1. The summed E-state index contributed by atoms with van der Waals surface area (Å²) in [6, 6.07) is 6.61. The number of rotatable bonds is 7. The van der Waals surface area contributed by atoms with Crippen LogP contribution in [0.3, 0.4) is 0 Å². The van der Waals surface area contributed by atoms with E-state index in [0.29, 0.717) is 24.4 Å². The number of hydrogen-bond acceptors (Lipinski definition) is 5. The smallest absolute Gasteiger partial charge is 0.232 e. The second-order valence-corrected chi connectivity index (χ2v) is 5.87. The molecule has 0 bridgehead atoms. The SMILES string of the molecule is COCCCS(=O)(=O)Nc1ccc(/C(C)=N/O)cc1. The van der Waals surface area contributed by atoms with Crippen LogP contribution in [-0.2, 0) is 14.8 Å². The number of sulfonamides is 1. The highest BCUT2D eigenvalue weighted by Gasteiger charge is 2.10. The Hall–Kier alpha value is -1.60. The highest BCUT2D eigenvalue weighted by Crippen LogP contribution is 2.12. The molecule has 0 saturated carbocycles. The minimum Gasteiger partial charge on any atom is -0.411 e. The molecule has 0 heterocycles. The van der Waals surface area contributed by atoms with Gasteiger partial charge in [0.2, 0.25) is 10.0 Å². The zero-order valence-corrected chi connectivity index (χ0v) is 11.8. The van der Waals surface area contributed by atoms with Gasteiger partial charge in [0.1, 0.15) is 0 Å². The molecule has 0 spiro atoms. The van der Waals surface area contributed by atoms with E-state index >= 15 is 0 Å². The van der Waals surface area contributed by atoms with E-state index in [0.717, 1.165) is 5.56 Å². The van der Waals surface area contributed by atoms with Crippen LogP contribution in [0.5, 0.6) is 0 Å². The van der Waals surface area contributed by atoms with Crippen molar-refractivity contribution in [2.45, 2.75) is 13.3 Å². The molecule has 106 valence electrons. The van der Waals surface area contributed by atoms with Crippen LogP contribution in [0.4, 0.5) is 5.69 Å². The third-order valence-electron chi connectivity index (χ3n) is 2.49. The highest BCUT2D eigenvalue weighted by atomic mass is 32.2. The molecule has 0 radical (unpaired) electrons. The normalized spacial score (nSPS) is 12.4. The summed E-state index contributed by atoms with van der Waals surface area (Å²) in [6.45, 7) is 2.07. The lowest BCUT2D eigenvalue weighted by Crippen LogP contribution is -2.17. The van der Waals surface area contributed by atoms with Gasteiger partial charge in [-0.25, -0.2) is 8.42 Å². The third kappa shape index (κ3) is 5.27. The standard InChI is InChI=1S/C12H18N2O4S/c1-10(13-15)11-4-6-12(7-5-11)14-19(16,17)9-3-8-18-2/h4-7,14-15H,3,8-9H2,1-2H3/b13-10+. The second-order valence-electron chi connectivity index (χ2n) is 4.03. The summed E-state index contributed by atoms with van der Waals surface area (Å²) in [6.07, 6.45) is 0.445. The molecule has 0 fully saturated rings. The number of nitrogens with one attached hydrogen (secondary N) is 1. The molecule has 2 N–H and O–H groups in total. The first kappa shape index (κ1) is 15.5. The van der Waals surface area contributed by atoms with Crippen molar-refractivity contribution in [1.29, 1.82) is 0 Å². The summed E-state index contributed by atoms with van der Waals surface area (Å²) in [5, 5.41) is 11.7. The van der Waals surface area contributed by atoms with Crippen LogP contribution in [0.1, 0.15) is 18.9 Å². The van der Waals surface area contributed by atoms with Gasteiger partial charge in [0.05, 0.1) is 11.5 Å². The Balaban J connectivity index is 2.67. The Labute approximate surface area is 113 Å². The highest BCUT2D eigenvalue weighted by molar-refractivity contribution is 7.92. The van der Waals surface area contributed by atoms with Gasteiger partial charge >= 0.3 is 0 Å². The van der Waals surface area contributed by atoms with E-state index in [-0.39, 0.29) is 5.75 Å². The van der Waals surface area contributed by atoms with Crippen LogP contribution < -0.4 is 4.72 Å². The predicted molar refractivity (Wildman–Crippen MR) is 74.3 cm³/mol. The lowest BCUT2D eigenvalue weighted by Gasteiger charge is -2.08. The molecular weight excluding hydrogens is 268 g/mol. The van der Waals surface area contributed by atoms with Gasteiger partial charge in [-0.05, 0) is 31.0 Å². The van der Waals surface area contributed by atoms with E-state index in [4.69, 9.17) is 9.94 Å². The van der Waals surface area contributed by atoms with Crippen LogP contribution in [-0.4, -0.2) is 38.8 Å². The van der Waals surface area contributed by atoms with E-state index in [9.17, 15) is 8.42 Å². The lowest BCUT2D eigenvalue weighted by molar-refractivity contribution is 0.199. The quantitative estimate of drug-likeness (QED) is 0.345. The molecular formula is C12H18N2O4S. The van der Waals surface area contributed by atoms with Crippen molar-refractivity contribution in [2.75, 3.05) is 24.2 Å². The zero-order chi connectivity index (χ0) is 14.3. The molecule has 1 aromatic carbocycles. The average molecular weight is 286 g/mol. The Morgan fingerprint density at radius 1 is 1.37 bits per heavy atom. The van der Waals surface area contributed by atoms with Gasteiger partial charge in [0.15, 0.2) is 0 Å². The Morgan fingerprint density at radius 2 is 2.00 bits per heavy atom. The topological polar surface area (TPSA) is 88.0 Å². The molecule has 0 aromatic heterocycles. The first-order chi connectivity index (χ1) is 8.98. The van der Waals surface area contributed by atoms with Gasteiger partial charge in [-0.15, -0.1) is 0 Å². The lowest BCUT2D eigenvalue weighted by atomic mass is 10.1. The van der Waals surface area contributed by atoms with Crippen LogP contribution in [0.2, 0.25) is 0 Å². The van der Waals surface area contributed by atoms with Gasteiger partial charge in [0, 0.05) is 19.4 Å². The molecule has 0 atom stereocenters. The Kier molecular flexibility index (Phi) is 5.78. The number of oxime groups is 1. The summed E-state index contributed by atoms with van der Waals surface area (Å²) in [5.41, 5.74) is 1.67. The molecule has 0 aliphatic rings. The minimum atomic E-state index is -3.36. The van der Waals surface area contributed by atoms with Crippen LogP contribution in [0.15, 0.2) is 29.4 Å². The van der Waals surface area contributed by atoms with Crippen molar-refractivity contribution in [3.63, 3.8) is 0 Å². The van der Waals surface area contributed by atoms with Gasteiger partial charge in [0.25, 0.3) is 0 Å². The van der Waals surface area contributed by atoms with Crippen molar-refractivity contribution >= 4 is 21.4 Å². The van der Waals surface area contributed by atoms with Crippen LogP contribution in [0.25, 0.3) is 0 Å². The van der Waals surface area contributed by atoms with Crippen LogP contribution >= 0.6 is 0 Å². The van der Waals surface area contributed by atoms with Gasteiger partial charge < -0.3 is 9.94 Å². The van der Waals surface area contributed by atoms with E-state index < -0.39 is 10.0 Å². The average Bonchev–Trinajstić information content (AvgIpc) is 2.38. The van der Waals surface area contributed by atoms with Crippen molar-refractivity contribution < 1.29 is 18.4 Å². The summed E-state index contributed by atoms with van der Waals surface area (Å²) in [4.78, 5) is 0. The number of benzene rings is 1. The fraction of sp³-hybridized carbons (Fsp3) is 0.417. The summed E-state index contributed by atoms with van der Waals surface area (Å²) in [7, 11) is -1.82. The second kappa shape index (κ2) is 7.10.